The van der Waals surface area contributed by atoms with E-state index >= 15 is 0 Å². The third-order valence-corrected chi connectivity index (χ3v) is 9.04. The summed E-state index contributed by atoms with van der Waals surface area (Å²) in [5.41, 5.74) is 10.0. The van der Waals surface area contributed by atoms with Gasteiger partial charge in [-0.05, 0) is 44.2 Å². The number of amides is 1. The van der Waals surface area contributed by atoms with Crippen molar-refractivity contribution < 1.29 is 9.53 Å². The molecule has 0 spiro atoms. The van der Waals surface area contributed by atoms with Crippen molar-refractivity contribution in [2.45, 2.75) is 44.5 Å². The Bertz CT molecular complexity index is 1010. The summed E-state index contributed by atoms with van der Waals surface area (Å²) >= 11 is 0. The highest BCUT2D eigenvalue weighted by atomic mass is 33.1. The molecule has 0 saturated carbocycles. The number of nitrogens with zero attached hydrogens (tertiary/aromatic N) is 4. The molecule has 0 radical (unpaired) electrons. The van der Waals surface area contributed by atoms with Crippen LogP contribution in [0.15, 0.2) is 35.5 Å². The highest BCUT2D eigenvalue weighted by Crippen LogP contribution is 2.37. The number of carbonyl (C=O) groups excluding carboxylic acids is 1. The zero-order valence-electron chi connectivity index (χ0n) is 21.6. The van der Waals surface area contributed by atoms with E-state index in [4.69, 9.17) is 10.5 Å². The van der Waals surface area contributed by atoms with Gasteiger partial charge < -0.3 is 19.9 Å². The maximum absolute atomic E-state index is 12.7. The van der Waals surface area contributed by atoms with Crippen LogP contribution >= 0.6 is 21.6 Å². The summed E-state index contributed by atoms with van der Waals surface area (Å²) in [5.74, 6) is 1.15. The number of methoxy groups -OCH3 is 1. The fourth-order valence-corrected chi connectivity index (χ4v) is 6.60. The van der Waals surface area contributed by atoms with Gasteiger partial charge in [-0.2, -0.15) is 0 Å². The molecular weight excluding hydrogens is 478 g/mol. The van der Waals surface area contributed by atoms with E-state index < -0.39 is 0 Å². The van der Waals surface area contributed by atoms with E-state index in [1.165, 1.54) is 5.56 Å². The number of anilines is 1. The molecule has 0 atom stereocenters. The van der Waals surface area contributed by atoms with Gasteiger partial charge >= 0.3 is 0 Å². The van der Waals surface area contributed by atoms with Crippen LogP contribution in [-0.4, -0.2) is 77.8 Å². The van der Waals surface area contributed by atoms with E-state index in [-0.39, 0.29) is 10.7 Å². The molecule has 192 valence electrons. The number of aromatic nitrogens is 1. The molecule has 1 aliphatic heterocycles. The van der Waals surface area contributed by atoms with Crippen LogP contribution in [-0.2, 0) is 17.9 Å². The van der Waals surface area contributed by atoms with Crippen LogP contribution in [0.1, 0.15) is 43.5 Å². The molecule has 1 aromatic heterocycles. The molecule has 0 aliphatic carbocycles. The SMILES string of the molecule is CN=Cc1c(N)ccn1Cc1ccc(CN2CCN(C(=O)CCC(C)(C)SSC)CC2)cc1OC. The van der Waals surface area contributed by atoms with Gasteiger partial charge in [0.15, 0.2) is 0 Å². The Morgan fingerprint density at radius 2 is 1.94 bits per heavy atom. The Morgan fingerprint density at radius 3 is 2.60 bits per heavy atom. The van der Waals surface area contributed by atoms with Crippen molar-refractivity contribution in [3.05, 3.63) is 47.3 Å². The molecule has 3 rings (SSSR count). The van der Waals surface area contributed by atoms with Crippen LogP contribution in [0.5, 0.6) is 5.75 Å². The lowest BCUT2D eigenvalue weighted by molar-refractivity contribution is -0.133. The normalized spacial score (nSPS) is 15.2. The summed E-state index contributed by atoms with van der Waals surface area (Å²) < 4.78 is 7.93. The summed E-state index contributed by atoms with van der Waals surface area (Å²) in [6.45, 7) is 9.30. The Balaban J connectivity index is 1.55. The third kappa shape index (κ3) is 7.69. The van der Waals surface area contributed by atoms with E-state index in [1.54, 1.807) is 31.2 Å². The monoisotopic (exact) mass is 517 g/mol. The predicted octanol–water partition coefficient (Wildman–Crippen LogP) is 4.39. The van der Waals surface area contributed by atoms with Gasteiger partial charge in [0.1, 0.15) is 5.75 Å². The van der Waals surface area contributed by atoms with Crippen molar-refractivity contribution in [3.63, 3.8) is 0 Å². The van der Waals surface area contributed by atoms with Crippen LogP contribution < -0.4 is 10.5 Å². The molecule has 1 amide bonds. The second-order valence-electron chi connectivity index (χ2n) is 9.48. The van der Waals surface area contributed by atoms with E-state index in [0.29, 0.717) is 18.7 Å². The smallest absolute Gasteiger partial charge is 0.222 e. The maximum atomic E-state index is 12.7. The molecule has 7 nitrogen and oxygen atoms in total. The van der Waals surface area contributed by atoms with E-state index in [9.17, 15) is 4.79 Å². The molecule has 35 heavy (non-hydrogen) atoms. The van der Waals surface area contributed by atoms with Gasteiger partial charge in [-0.25, -0.2) is 0 Å². The summed E-state index contributed by atoms with van der Waals surface area (Å²) in [6.07, 6.45) is 7.38. The van der Waals surface area contributed by atoms with Crippen LogP contribution in [0.2, 0.25) is 0 Å². The second kappa shape index (κ2) is 12.7. The highest BCUT2D eigenvalue weighted by molar-refractivity contribution is 8.76. The molecule has 1 saturated heterocycles. The van der Waals surface area contributed by atoms with Crippen LogP contribution in [0, 0.1) is 0 Å². The minimum atomic E-state index is 0.126. The van der Waals surface area contributed by atoms with Gasteiger partial charge in [-0.3, -0.25) is 14.7 Å². The molecular formula is C26H39N5O2S2. The highest BCUT2D eigenvalue weighted by Gasteiger charge is 2.25. The lowest BCUT2D eigenvalue weighted by Crippen LogP contribution is -2.48. The van der Waals surface area contributed by atoms with Crippen LogP contribution in [0.25, 0.3) is 0 Å². The molecule has 2 N–H and O–H groups in total. The first-order chi connectivity index (χ1) is 16.8. The molecule has 2 aromatic rings. The zero-order valence-corrected chi connectivity index (χ0v) is 23.3. The zero-order chi connectivity index (χ0) is 25.4. The average molecular weight is 518 g/mol. The average Bonchev–Trinajstić information content (AvgIpc) is 3.18. The number of aliphatic imine (C=N–C) groups is 1. The first-order valence-corrected chi connectivity index (χ1v) is 14.6. The number of ether oxygens (including phenoxy) is 1. The number of piperazine rings is 1. The Morgan fingerprint density at radius 1 is 1.20 bits per heavy atom. The molecule has 1 aliphatic rings. The minimum Gasteiger partial charge on any atom is -0.496 e. The van der Waals surface area contributed by atoms with Crippen LogP contribution in [0.4, 0.5) is 5.69 Å². The fraction of sp³-hybridized carbons (Fsp3) is 0.538. The number of nitrogen functional groups attached to an aromatic ring is 1. The Hall–Kier alpha value is -2.10. The predicted molar refractivity (Wildman–Crippen MR) is 151 cm³/mol. The van der Waals surface area contributed by atoms with Crippen molar-refractivity contribution >= 4 is 39.4 Å². The number of benzene rings is 1. The van der Waals surface area contributed by atoms with Crippen molar-refractivity contribution in [3.8, 4) is 5.75 Å². The fourth-order valence-electron chi connectivity index (χ4n) is 4.36. The minimum absolute atomic E-state index is 0.126. The Kier molecular flexibility index (Phi) is 10.0. The number of carbonyl (C=O) groups is 1. The van der Waals surface area contributed by atoms with Gasteiger partial charge in [-0.15, -0.1) is 0 Å². The standard InChI is InChI=1S/C26H39N5O2S2/c1-26(2,35-34-5)10-8-25(32)30-14-12-29(13-15-30)18-20-6-7-21(24(16-20)33-4)19-31-11-9-22(27)23(31)17-28-3/h6-7,9,11,16-17H,8,10,12-15,18-19,27H2,1-5H3. The molecule has 0 unspecified atom stereocenters. The number of hydrogen-bond donors (Lipinski definition) is 1. The number of hydrogen-bond acceptors (Lipinski definition) is 7. The number of nitrogens with two attached hydrogens (primary N) is 1. The third-order valence-electron chi connectivity index (χ3n) is 6.36. The van der Waals surface area contributed by atoms with Crippen molar-refractivity contribution in [1.29, 1.82) is 0 Å². The molecule has 0 bridgehead atoms. The second-order valence-corrected chi connectivity index (χ2v) is 12.6. The van der Waals surface area contributed by atoms with E-state index in [2.05, 4.69) is 52.8 Å². The van der Waals surface area contributed by atoms with Crippen molar-refractivity contribution in [2.75, 3.05) is 52.3 Å². The van der Waals surface area contributed by atoms with Crippen LogP contribution in [0.3, 0.4) is 0 Å². The van der Waals surface area contributed by atoms with Gasteiger partial charge in [-0.1, -0.05) is 33.7 Å². The Labute approximate surface area is 217 Å². The largest absolute Gasteiger partial charge is 0.496 e. The first-order valence-electron chi connectivity index (χ1n) is 12.0. The quantitative estimate of drug-likeness (QED) is 0.352. The van der Waals surface area contributed by atoms with E-state index in [1.807, 2.05) is 28.0 Å². The maximum Gasteiger partial charge on any atom is 0.222 e. The summed E-state index contributed by atoms with van der Waals surface area (Å²) in [6, 6.07) is 8.32. The lowest BCUT2D eigenvalue weighted by Gasteiger charge is -2.35. The molecule has 9 heteroatoms. The molecule has 1 aromatic carbocycles. The van der Waals surface area contributed by atoms with Gasteiger partial charge in [0.2, 0.25) is 5.91 Å². The first kappa shape index (κ1) is 27.5. The van der Waals surface area contributed by atoms with Gasteiger partial charge in [0.05, 0.1) is 25.0 Å². The molecule has 1 fully saturated rings. The summed E-state index contributed by atoms with van der Waals surface area (Å²) in [4.78, 5) is 21.3. The van der Waals surface area contributed by atoms with Gasteiger partial charge in [0.25, 0.3) is 0 Å². The summed E-state index contributed by atoms with van der Waals surface area (Å²) in [7, 11) is 7.07. The van der Waals surface area contributed by atoms with Crippen molar-refractivity contribution in [2.24, 2.45) is 4.99 Å². The van der Waals surface area contributed by atoms with Crippen molar-refractivity contribution in [1.82, 2.24) is 14.4 Å². The topological polar surface area (TPSA) is 76.1 Å². The van der Waals surface area contributed by atoms with E-state index in [0.717, 1.165) is 56.2 Å². The summed E-state index contributed by atoms with van der Waals surface area (Å²) in [5, 5.41) is 0. The van der Waals surface area contributed by atoms with Gasteiger partial charge in [0, 0.05) is 68.9 Å². The molecule has 2 heterocycles. The number of rotatable bonds is 11. The lowest BCUT2D eigenvalue weighted by atomic mass is 10.1.